The number of aromatic hydroxyl groups is 2. The first-order valence-corrected chi connectivity index (χ1v) is 8.71. The van der Waals surface area contributed by atoms with Crippen LogP contribution in [-0.4, -0.2) is 59.8 Å². The van der Waals surface area contributed by atoms with Gasteiger partial charge in [0.2, 0.25) is 0 Å². The minimum atomic E-state index is -0.236. The Balaban J connectivity index is 1.83. The molecule has 5 nitrogen and oxygen atoms in total. The predicted octanol–water partition coefficient (Wildman–Crippen LogP) is 1.71. The molecular weight excluding hydrogens is 383 g/mol. The number of para-hydroxylation sites is 1. The van der Waals surface area contributed by atoms with E-state index in [-0.39, 0.29) is 17.4 Å². The molecule has 128 valence electrons. The third kappa shape index (κ3) is 3.45. The van der Waals surface area contributed by atoms with Crippen molar-refractivity contribution in [2.45, 2.75) is 6.42 Å². The normalized spacial score (nSPS) is 16.1. The first-order chi connectivity index (χ1) is 12.0. The van der Waals surface area contributed by atoms with E-state index in [0.717, 1.165) is 12.0 Å². The molecule has 3 rings (SSSR count). The third-order valence-corrected chi connectivity index (χ3v) is 5.19. The van der Waals surface area contributed by atoms with Gasteiger partial charge in [0.25, 0.3) is 0 Å². The number of hydrogen-bond acceptors (Lipinski definition) is 4. The van der Waals surface area contributed by atoms with Gasteiger partial charge in [-0.05, 0) is 0 Å². The molecule has 0 aliphatic carbocycles. The Hall–Kier alpha value is -2.56. The summed E-state index contributed by atoms with van der Waals surface area (Å²) in [7, 11) is 1.79. The van der Waals surface area contributed by atoms with Crippen molar-refractivity contribution in [3.05, 3.63) is 65.4 Å². The van der Waals surface area contributed by atoms with Crippen LogP contribution in [0.1, 0.15) is 11.1 Å². The van der Waals surface area contributed by atoms with Crippen molar-refractivity contribution in [1.82, 2.24) is 9.80 Å². The molecule has 0 bridgehead atoms. The molecule has 0 unspecified atom stereocenters. The van der Waals surface area contributed by atoms with Crippen molar-refractivity contribution in [2.24, 2.45) is 0 Å². The van der Waals surface area contributed by atoms with Gasteiger partial charge in [-0.1, -0.05) is 0 Å². The summed E-state index contributed by atoms with van der Waals surface area (Å²) < 4.78 is 0.715. The van der Waals surface area contributed by atoms with Crippen LogP contribution in [0.5, 0.6) is 11.5 Å². The molecule has 25 heavy (non-hydrogen) atoms. The van der Waals surface area contributed by atoms with Crippen molar-refractivity contribution in [3.63, 3.8) is 0 Å². The molecule has 0 radical (unpaired) electrons. The number of phenolic OH excluding ortho intramolecular Hbond substituents is 2. The summed E-state index contributed by atoms with van der Waals surface area (Å²) in [5.74, 6) is -0.592. The molecular formula is C19H18N2O3Se. The fourth-order valence-electron chi connectivity index (χ4n) is 2.71. The van der Waals surface area contributed by atoms with E-state index in [2.05, 4.69) is 15.6 Å². The first-order valence-electron chi connectivity index (χ1n) is 7.85. The average molecular weight is 401 g/mol. The van der Waals surface area contributed by atoms with Gasteiger partial charge < -0.3 is 0 Å². The van der Waals surface area contributed by atoms with E-state index >= 15 is 0 Å². The standard InChI is InChI=1S/C19H18N2O3Se/c1-20-15(12-14-8-5-9-16(22)17(14)23)18(24)21(19(20)25)11-10-13-6-3-2-4-7-13/h2-9,12,22-23H,10-11H2,1H3. The third-order valence-electron chi connectivity index (χ3n) is 4.15. The maximum atomic E-state index is 12.8. The second-order valence-electron chi connectivity index (χ2n) is 5.78. The van der Waals surface area contributed by atoms with E-state index in [4.69, 9.17) is 0 Å². The van der Waals surface area contributed by atoms with Gasteiger partial charge in [0.05, 0.1) is 0 Å². The van der Waals surface area contributed by atoms with Crippen LogP contribution in [0.15, 0.2) is 54.2 Å². The number of nitrogens with zero attached hydrogens (tertiary/aromatic N) is 2. The number of likely N-dealkylation sites (N-methyl/N-ethyl adjacent to an activating group) is 1. The summed E-state index contributed by atoms with van der Waals surface area (Å²) in [5, 5.41) is 19.6. The van der Waals surface area contributed by atoms with Crippen LogP contribution in [0.3, 0.4) is 0 Å². The molecule has 2 aromatic carbocycles. The Kier molecular flexibility index (Phi) is 4.93. The van der Waals surface area contributed by atoms with Crippen LogP contribution in [0.4, 0.5) is 0 Å². The molecule has 2 aromatic rings. The topological polar surface area (TPSA) is 64.0 Å². The van der Waals surface area contributed by atoms with Crippen molar-refractivity contribution in [2.75, 3.05) is 13.6 Å². The van der Waals surface area contributed by atoms with E-state index in [1.165, 1.54) is 6.07 Å². The van der Waals surface area contributed by atoms with Crippen LogP contribution in [0.2, 0.25) is 0 Å². The zero-order valence-corrected chi connectivity index (χ0v) is 15.4. The Morgan fingerprint density at radius 2 is 1.80 bits per heavy atom. The molecule has 1 heterocycles. The predicted molar refractivity (Wildman–Crippen MR) is 98.1 cm³/mol. The van der Waals surface area contributed by atoms with E-state index in [0.29, 0.717) is 22.5 Å². The number of amides is 1. The fraction of sp³-hybridized carbons (Fsp3) is 0.158. The van der Waals surface area contributed by atoms with Crippen molar-refractivity contribution >= 4 is 32.2 Å². The van der Waals surface area contributed by atoms with Gasteiger partial charge in [0, 0.05) is 0 Å². The van der Waals surface area contributed by atoms with Crippen molar-refractivity contribution in [1.29, 1.82) is 0 Å². The molecule has 0 atom stereocenters. The molecule has 1 saturated heterocycles. The zero-order valence-electron chi connectivity index (χ0n) is 13.7. The summed E-state index contributed by atoms with van der Waals surface area (Å²) in [6.07, 6.45) is 2.33. The van der Waals surface area contributed by atoms with E-state index in [9.17, 15) is 15.0 Å². The number of phenols is 2. The van der Waals surface area contributed by atoms with Gasteiger partial charge in [-0.2, -0.15) is 0 Å². The van der Waals surface area contributed by atoms with Gasteiger partial charge in [-0.3, -0.25) is 0 Å². The van der Waals surface area contributed by atoms with Gasteiger partial charge in [-0.25, -0.2) is 0 Å². The number of rotatable bonds is 4. The molecule has 2 N–H and O–H groups in total. The van der Waals surface area contributed by atoms with E-state index in [1.807, 2.05) is 30.3 Å². The number of benzene rings is 2. The number of hydrogen-bond donors (Lipinski definition) is 2. The van der Waals surface area contributed by atoms with Gasteiger partial charge in [0.1, 0.15) is 0 Å². The Morgan fingerprint density at radius 1 is 1.08 bits per heavy atom. The summed E-state index contributed by atoms with van der Waals surface area (Å²) >= 11 is 2.94. The molecule has 6 heteroatoms. The zero-order chi connectivity index (χ0) is 18.0. The molecule has 0 spiro atoms. The Morgan fingerprint density at radius 3 is 2.52 bits per heavy atom. The van der Waals surface area contributed by atoms with Crippen molar-refractivity contribution < 1.29 is 15.0 Å². The van der Waals surface area contributed by atoms with Gasteiger partial charge in [-0.15, -0.1) is 0 Å². The molecule has 0 aromatic heterocycles. The van der Waals surface area contributed by atoms with Crippen LogP contribution in [0, 0.1) is 0 Å². The van der Waals surface area contributed by atoms with Crippen LogP contribution < -0.4 is 0 Å². The maximum absolute atomic E-state index is 12.8. The van der Waals surface area contributed by atoms with Crippen LogP contribution in [0.25, 0.3) is 6.08 Å². The Labute approximate surface area is 154 Å². The van der Waals surface area contributed by atoms with Crippen molar-refractivity contribution in [3.8, 4) is 11.5 Å². The second kappa shape index (κ2) is 7.13. The molecule has 1 fully saturated rings. The molecule has 0 saturated carbocycles. The SMILES string of the molecule is CN1C(=[Se])N(CCc2ccccc2)C(=O)C1=Cc1cccc(O)c1O. The summed E-state index contributed by atoms with van der Waals surface area (Å²) in [6, 6.07) is 14.7. The average Bonchev–Trinajstić information content (AvgIpc) is 2.81. The molecule has 1 amide bonds. The number of carbonyl (C=O) groups is 1. The fourth-order valence-corrected chi connectivity index (χ4v) is 3.28. The van der Waals surface area contributed by atoms with E-state index < -0.39 is 0 Å². The van der Waals surface area contributed by atoms with Gasteiger partial charge in [0.15, 0.2) is 0 Å². The van der Waals surface area contributed by atoms with Crippen LogP contribution in [-0.2, 0) is 11.2 Å². The first kappa shape index (κ1) is 17.3. The second-order valence-corrected chi connectivity index (χ2v) is 6.54. The van der Waals surface area contributed by atoms with Crippen LogP contribution >= 0.6 is 0 Å². The quantitative estimate of drug-likeness (QED) is 0.465. The number of carbonyl (C=O) groups excluding carboxylic acids is 1. The summed E-state index contributed by atoms with van der Waals surface area (Å²) in [6.45, 7) is 0.554. The molecule has 1 aliphatic heterocycles. The molecule has 1 aliphatic rings. The Bertz CT molecular complexity index is 849. The van der Waals surface area contributed by atoms with Gasteiger partial charge >= 0.3 is 154 Å². The van der Waals surface area contributed by atoms with E-state index in [1.54, 1.807) is 35.1 Å². The summed E-state index contributed by atoms with van der Waals surface area (Å²) in [4.78, 5) is 16.2. The minimum absolute atomic E-state index is 0.144. The summed E-state index contributed by atoms with van der Waals surface area (Å²) in [5.41, 5.74) is 1.99. The monoisotopic (exact) mass is 402 g/mol.